The Morgan fingerprint density at radius 1 is 0.846 bits per heavy atom. The minimum Gasteiger partial charge on any atom is -0.497 e. The molecule has 0 aromatic heterocycles. The van der Waals surface area contributed by atoms with Crippen molar-refractivity contribution in [3.8, 4) is 16.9 Å². The molecule has 0 N–H and O–H groups in total. The third-order valence-electron chi connectivity index (χ3n) is 4.18. The lowest BCUT2D eigenvalue weighted by molar-refractivity contribution is 0.230. The Kier molecular flexibility index (Phi) is 5.77. The lowest BCUT2D eigenvalue weighted by Crippen LogP contribution is -2.14. The number of ether oxygens (including phenoxy) is 1. The highest BCUT2D eigenvalue weighted by Crippen LogP contribution is 2.50. The normalized spacial score (nSPS) is 11.7. The standard InChI is InChI=1S/C21H23O4P/c1-4-24-26(22,25-5-2)20-15-12-16-8-6-7-9-19(16)21(20)17-10-13-18(23-3)14-11-17/h6-15H,4-5H2,1-3H3. The Morgan fingerprint density at radius 2 is 1.50 bits per heavy atom. The molecule has 0 atom stereocenters. The first-order chi connectivity index (χ1) is 12.6. The number of hydrogen-bond acceptors (Lipinski definition) is 4. The Balaban J connectivity index is 2.30. The van der Waals surface area contributed by atoms with Crippen LogP contribution >= 0.6 is 7.60 Å². The van der Waals surface area contributed by atoms with Crippen LogP contribution in [-0.2, 0) is 13.6 Å². The minimum atomic E-state index is -3.43. The lowest BCUT2D eigenvalue weighted by atomic mass is 9.98. The molecule has 0 radical (unpaired) electrons. The van der Waals surface area contributed by atoms with E-state index in [1.165, 1.54) is 0 Å². The molecule has 0 fully saturated rings. The van der Waals surface area contributed by atoms with Gasteiger partial charge in [-0.05, 0) is 48.4 Å². The second-order valence-electron chi connectivity index (χ2n) is 5.74. The molecule has 3 rings (SSSR count). The molecular formula is C21H23O4P. The van der Waals surface area contributed by atoms with Crippen LogP contribution in [0.2, 0.25) is 0 Å². The van der Waals surface area contributed by atoms with Crippen LogP contribution < -0.4 is 10.0 Å². The van der Waals surface area contributed by atoms with Gasteiger partial charge >= 0.3 is 7.60 Å². The molecular weight excluding hydrogens is 347 g/mol. The van der Waals surface area contributed by atoms with E-state index in [9.17, 15) is 4.57 Å². The Labute approximate surface area is 154 Å². The average molecular weight is 370 g/mol. The highest BCUT2D eigenvalue weighted by molar-refractivity contribution is 7.62. The zero-order valence-corrected chi connectivity index (χ0v) is 16.2. The van der Waals surface area contributed by atoms with E-state index < -0.39 is 7.60 Å². The van der Waals surface area contributed by atoms with Crippen molar-refractivity contribution >= 4 is 23.7 Å². The maximum atomic E-state index is 13.5. The molecule has 0 saturated heterocycles. The molecule has 3 aromatic carbocycles. The SMILES string of the molecule is CCOP(=O)(OCC)c1ccc2ccccc2c1-c1ccc(OC)cc1. The van der Waals surface area contributed by atoms with Crippen LogP contribution in [0.4, 0.5) is 0 Å². The van der Waals surface area contributed by atoms with Gasteiger partial charge < -0.3 is 13.8 Å². The monoisotopic (exact) mass is 370 g/mol. The fraction of sp³-hybridized carbons (Fsp3) is 0.238. The molecule has 26 heavy (non-hydrogen) atoms. The van der Waals surface area contributed by atoms with Crippen LogP contribution in [0.1, 0.15) is 13.8 Å². The molecule has 0 unspecified atom stereocenters. The highest BCUT2D eigenvalue weighted by atomic mass is 31.2. The number of methoxy groups -OCH3 is 1. The number of rotatable bonds is 7. The third kappa shape index (κ3) is 3.54. The molecule has 4 nitrogen and oxygen atoms in total. The van der Waals surface area contributed by atoms with Gasteiger partial charge in [-0.15, -0.1) is 0 Å². The predicted octanol–water partition coefficient (Wildman–Crippen LogP) is 5.41. The average Bonchev–Trinajstić information content (AvgIpc) is 2.67. The van der Waals surface area contributed by atoms with Crippen molar-refractivity contribution in [1.29, 1.82) is 0 Å². The summed E-state index contributed by atoms with van der Waals surface area (Å²) in [5.41, 5.74) is 1.81. The summed E-state index contributed by atoms with van der Waals surface area (Å²) >= 11 is 0. The van der Waals surface area contributed by atoms with E-state index in [-0.39, 0.29) is 0 Å². The summed E-state index contributed by atoms with van der Waals surface area (Å²) in [6.07, 6.45) is 0. The predicted molar refractivity (Wildman–Crippen MR) is 106 cm³/mol. The summed E-state index contributed by atoms with van der Waals surface area (Å²) < 4.78 is 30.0. The van der Waals surface area contributed by atoms with Crippen LogP contribution in [0.5, 0.6) is 5.75 Å². The van der Waals surface area contributed by atoms with Crippen molar-refractivity contribution in [1.82, 2.24) is 0 Å². The minimum absolute atomic E-state index is 0.312. The molecule has 136 valence electrons. The van der Waals surface area contributed by atoms with Crippen molar-refractivity contribution < 1.29 is 18.3 Å². The van der Waals surface area contributed by atoms with E-state index in [0.29, 0.717) is 18.5 Å². The van der Waals surface area contributed by atoms with E-state index in [0.717, 1.165) is 27.6 Å². The van der Waals surface area contributed by atoms with Gasteiger partial charge in [0.2, 0.25) is 0 Å². The Bertz CT molecular complexity index is 924. The van der Waals surface area contributed by atoms with Crippen molar-refractivity contribution in [3.63, 3.8) is 0 Å². The highest BCUT2D eigenvalue weighted by Gasteiger charge is 2.31. The maximum absolute atomic E-state index is 13.5. The number of benzene rings is 3. The molecule has 0 bridgehead atoms. The molecule has 0 aliphatic carbocycles. The molecule has 0 spiro atoms. The fourth-order valence-corrected chi connectivity index (χ4v) is 4.88. The zero-order valence-electron chi connectivity index (χ0n) is 15.3. The second kappa shape index (κ2) is 8.05. The third-order valence-corrected chi connectivity index (χ3v) is 6.34. The van der Waals surface area contributed by atoms with Gasteiger partial charge in [0.15, 0.2) is 0 Å². The van der Waals surface area contributed by atoms with E-state index >= 15 is 0 Å². The van der Waals surface area contributed by atoms with Gasteiger partial charge in [-0.3, -0.25) is 4.57 Å². The van der Waals surface area contributed by atoms with E-state index in [2.05, 4.69) is 0 Å². The van der Waals surface area contributed by atoms with E-state index in [1.807, 2.05) is 74.5 Å². The van der Waals surface area contributed by atoms with Crippen molar-refractivity contribution in [2.24, 2.45) is 0 Å². The van der Waals surface area contributed by atoms with Gasteiger partial charge in [-0.1, -0.05) is 42.5 Å². The Morgan fingerprint density at radius 3 is 2.12 bits per heavy atom. The second-order valence-corrected chi connectivity index (χ2v) is 7.74. The smallest absolute Gasteiger partial charge is 0.361 e. The van der Waals surface area contributed by atoms with Gasteiger partial charge in [0, 0.05) is 5.56 Å². The van der Waals surface area contributed by atoms with Crippen molar-refractivity contribution in [2.45, 2.75) is 13.8 Å². The first-order valence-corrected chi connectivity index (χ1v) is 10.2. The quantitative estimate of drug-likeness (QED) is 0.522. The van der Waals surface area contributed by atoms with Crippen LogP contribution in [0.15, 0.2) is 60.7 Å². The van der Waals surface area contributed by atoms with Gasteiger partial charge in [0.25, 0.3) is 0 Å². The molecule has 0 saturated carbocycles. The van der Waals surface area contributed by atoms with E-state index in [4.69, 9.17) is 13.8 Å². The molecule has 0 aliphatic heterocycles. The number of hydrogen-bond donors (Lipinski definition) is 0. The van der Waals surface area contributed by atoms with Crippen LogP contribution in [0, 0.1) is 0 Å². The zero-order chi connectivity index (χ0) is 18.6. The number of fused-ring (bicyclic) bond motifs is 1. The van der Waals surface area contributed by atoms with Crippen molar-refractivity contribution in [3.05, 3.63) is 60.7 Å². The summed E-state index contributed by atoms with van der Waals surface area (Å²) in [7, 11) is -1.79. The molecule has 5 heteroatoms. The molecule has 0 amide bonds. The molecule has 0 heterocycles. The molecule has 3 aromatic rings. The van der Waals surface area contributed by atoms with Crippen LogP contribution in [0.3, 0.4) is 0 Å². The molecule has 0 aliphatic rings. The van der Waals surface area contributed by atoms with Gasteiger partial charge in [0.1, 0.15) is 5.75 Å². The topological polar surface area (TPSA) is 44.8 Å². The van der Waals surface area contributed by atoms with Crippen LogP contribution in [-0.4, -0.2) is 20.3 Å². The van der Waals surface area contributed by atoms with Gasteiger partial charge in [-0.25, -0.2) is 0 Å². The summed E-state index contributed by atoms with van der Waals surface area (Å²) in [6.45, 7) is 4.26. The Hall–Kier alpha value is -2.13. The first-order valence-electron chi connectivity index (χ1n) is 8.68. The van der Waals surface area contributed by atoms with Gasteiger partial charge in [-0.2, -0.15) is 0 Å². The summed E-state index contributed by atoms with van der Waals surface area (Å²) in [6, 6.07) is 19.6. The summed E-state index contributed by atoms with van der Waals surface area (Å²) in [5, 5.41) is 2.67. The maximum Gasteiger partial charge on any atom is 0.361 e. The van der Waals surface area contributed by atoms with Crippen LogP contribution in [0.25, 0.3) is 21.9 Å². The van der Waals surface area contributed by atoms with E-state index in [1.54, 1.807) is 7.11 Å². The fourth-order valence-electron chi connectivity index (χ4n) is 3.07. The lowest BCUT2D eigenvalue weighted by Gasteiger charge is -2.21. The van der Waals surface area contributed by atoms with Gasteiger partial charge in [0.05, 0.1) is 25.6 Å². The summed E-state index contributed by atoms with van der Waals surface area (Å²) in [4.78, 5) is 0. The first kappa shape index (κ1) is 18.7. The summed E-state index contributed by atoms with van der Waals surface area (Å²) in [5.74, 6) is 0.772. The largest absolute Gasteiger partial charge is 0.497 e. The van der Waals surface area contributed by atoms with Crippen molar-refractivity contribution in [2.75, 3.05) is 20.3 Å².